The minimum Gasteiger partial charge on any atom is -0.242 e. The zero-order valence-electron chi connectivity index (χ0n) is 9.50. The highest BCUT2D eigenvalue weighted by Crippen LogP contribution is 2.32. The maximum absolute atomic E-state index is 12.8. The van der Waals surface area contributed by atoms with Crippen LogP contribution in [0.25, 0.3) is 0 Å². The highest BCUT2D eigenvalue weighted by molar-refractivity contribution is 7.84. The molecule has 1 aliphatic heterocycles. The van der Waals surface area contributed by atoms with Gasteiger partial charge in [-0.1, -0.05) is 12.1 Å². The maximum Gasteiger partial charge on any atom is 0.123 e. The van der Waals surface area contributed by atoms with Crippen molar-refractivity contribution in [2.45, 2.75) is 37.5 Å². The molecule has 0 saturated carbocycles. The van der Waals surface area contributed by atoms with Crippen molar-refractivity contribution in [1.82, 2.24) is 4.72 Å². The van der Waals surface area contributed by atoms with Crippen molar-refractivity contribution in [2.75, 3.05) is 0 Å². The summed E-state index contributed by atoms with van der Waals surface area (Å²) in [4.78, 5) is 0. The molecule has 1 aliphatic rings. The van der Waals surface area contributed by atoms with Crippen molar-refractivity contribution in [3.63, 3.8) is 0 Å². The van der Waals surface area contributed by atoms with Crippen molar-refractivity contribution in [1.29, 1.82) is 0 Å². The highest BCUT2D eigenvalue weighted by atomic mass is 32.2. The molecule has 16 heavy (non-hydrogen) atoms. The fourth-order valence-corrected chi connectivity index (χ4v) is 3.00. The lowest BCUT2D eigenvalue weighted by Crippen LogP contribution is -2.43. The molecule has 0 bridgehead atoms. The summed E-state index contributed by atoms with van der Waals surface area (Å²) in [5.74, 6) is -0.235. The van der Waals surface area contributed by atoms with E-state index in [-0.39, 0.29) is 16.6 Å². The van der Waals surface area contributed by atoms with E-state index >= 15 is 0 Å². The number of halogens is 1. The van der Waals surface area contributed by atoms with Gasteiger partial charge in [-0.3, -0.25) is 0 Å². The second kappa shape index (κ2) is 4.26. The van der Waals surface area contributed by atoms with Crippen LogP contribution in [0.4, 0.5) is 4.39 Å². The van der Waals surface area contributed by atoms with Crippen molar-refractivity contribution in [3.05, 3.63) is 35.6 Å². The molecule has 0 radical (unpaired) electrons. The van der Waals surface area contributed by atoms with Crippen LogP contribution in [0.3, 0.4) is 0 Å². The van der Waals surface area contributed by atoms with E-state index in [4.69, 9.17) is 0 Å². The summed E-state index contributed by atoms with van der Waals surface area (Å²) in [6.07, 6.45) is 1.85. The molecule has 0 aliphatic carbocycles. The molecule has 1 aromatic rings. The fourth-order valence-electron chi connectivity index (χ4n) is 1.86. The average molecular weight is 241 g/mol. The van der Waals surface area contributed by atoms with Gasteiger partial charge < -0.3 is 0 Å². The van der Waals surface area contributed by atoms with Gasteiger partial charge >= 0.3 is 0 Å². The Morgan fingerprint density at radius 2 is 2.00 bits per heavy atom. The van der Waals surface area contributed by atoms with Crippen molar-refractivity contribution >= 4 is 11.0 Å². The van der Waals surface area contributed by atoms with Gasteiger partial charge in [0.2, 0.25) is 0 Å². The lowest BCUT2D eigenvalue weighted by atomic mass is 9.97. The van der Waals surface area contributed by atoms with Crippen LogP contribution in [0.15, 0.2) is 24.3 Å². The Morgan fingerprint density at radius 3 is 2.56 bits per heavy atom. The van der Waals surface area contributed by atoms with Gasteiger partial charge in [0.05, 0.1) is 15.7 Å². The molecule has 1 N–H and O–H groups in total. The van der Waals surface area contributed by atoms with Gasteiger partial charge in [-0.2, -0.15) is 0 Å². The molecule has 2 nitrogen and oxygen atoms in total. The van der Waals surface area contributed by atoms with E-state index in [1.54, 1.807) is 12.1 Å². The molecule has 0 amide bonds. The Labute approximate surface area is 97.8 Å². The lowest BCUT2D eigenvalue weighted by Gasteiger charge is -2.34. The second-order valence-electron chi connectivity index (χ2n) is 4.79. The van der Waals surface area contributed by atoms with Crippen molar-refractivity contribution < 1.29 is 8.60 Å². The number of hydrogen-bond acceptors (Lipinski definition) is 1. The van der Waals surface area contributed by atoms with E-state index in [9.17, 15) is 8.60 Å². The first kappa shape index (κ1) is 11.7. The van der Waals surface area contributed by atoms with Crippen LogP contribution >= 0.6 is 0 Å². The quantitative estimate of drug-likeness (QED) is 0.804. The Hall–Kier alpha value is -0.740. The molecule has 1 unspecified atom stereocenters. The van der Waals surface area contributed by atoms with Gasteiger partial charge in [-0.15, -0.1) is 0 Å². The molecule has 2 atom stereocenters. The summed E-state index contributed by atoms with van der Waals surface area (Å²) in [6, 6.07) is 6.47. The molecule has 1 saturated heterocycles. The van der Waals surface area contributed by atoms with Gasteiger partial charge in [-0.05, 0) is 44.4 Å². The first-order chi connectivity index (χ1) is 7.49. The lowest BCUT2D eigenvalue weighted by molar-refractivity contribution is 0.459. The summed E-state index contributed by atoms with van der Waals surface area (Å²) in [5, 5.41) is 0. The third-order valence-electron chi connectivity index (χ3n) is 3.06. The van der Waals surface area contributed by atoms with Crippen LogP contribution in [-0.4, -0.2) is 8.96 Å². The third kappa shape index (κ3) is 2.33. The van der Waals surface area contributed by atoms with Crippen LogP contribution in [-0.2, 0) is 11.0 Å². The molecule has 4 heteroatoms. The topological polar surface area (TPSA) is 29.1 Å². The molecule has 88 valence electrons. The van der Waals surface area contributed by atoms with Crippen LogP contribution in [0, 0.1) is 5.82 Å². The molecule has 0 aromatic heterocycles. The minimum atomic E-state index is -1.03. The molecular formula is C12H16FNOS. The van der Waals surface area contributed by atoms with Gasteiger partial charge in [0.25, 0.3) is 0 Å². The largest absolute Gasteiger partial charge is 0.242 e. The predicted octanol–water partition coefficient (Wildman–Crippen LogP) is 2.69. The van der Waals surface area contributed by atoms with Gasteiger partial charge in [-0.25, -0.2) is 13.3 Å². The Morgan fingerprint density at radius 1 is 1.38 bits per heavy atom. The Kier molecular flexibility index (Phi) is 3.13. The Balaban J connectivity index is 2.14. The van der Waals surface area contributed by atoms with Gasteiger partial charge in [0, 0.05) is 6.04 Å². The summed E-state index contributed by atoms with van der Waals surface area (Å²) in [5.41, 5.74) is 1.00. The molecule has 1 fully saturated rings. The van der Waals surface area contributed by atoms with Crippen LogP contribution < -0.4 is 4.72 Å². The van der Waals surface area contributed by atoms with E-state index in [0.29, 0.717) is 0 Å². The van der Waals surface area contributed by atoms with Crippen LogP contribution in [0.5, 0.6) is 0 Å². The minimum absolute atomic E-state index is 0.0782. The first-order valence-corrected chi connectivity index (χ1v) is 6.57. The van der Waals surface area contributed by atoms with Crippen molar-refractivity contribution in [3.8, 4) is 0 Å². The van der Waals surface area contributed by atoms with E-state index in [0.717, 1.165) is 18.4 Å². The zero-order chi connectivity index (χ0) is 11.8. The highest BCUT2D eigenvalue weighted by Gasteiger charge is 2.33. The van der Waals surface area contributed by atoms with Crippen molar-refractivity contribution in [2.24, 2.45) is 0 Å². The number of hydrogen-bond donors (Lipinski definition) is 1. The molecule has 0 spiro atoms. The van der Waals surface area contributed by atoms with Crippen LogP contribution in [0.2, 0.25) is 0 Å². The number of rotatable bonds is 1. The molecule has 2 rings (SSSR count). The normalized spacial score (nSPS) is 28.9. The molecule has 1 heterocycles. The SMILES string of the molecule is CC1(C)CC[C@H](c2ccc(F)cc2)NS1=O. The van der Waals surface area contributed by atoms with Gasteiger partial charge in [0.1, 0.15) is 5.82 Å². The summed E-state index contributed by atoms with van der Waals surface area (Å²) in [7, 11) is -1.03. The standard InChI is InChI=1S/C12H16FNOS/c1-12(2)8-7-11(14-16(12)15)9-3-5-10(13)6-4-9/h3-6,11,14H,7-8H2,1-2H3/t11-,16?/m1/s1. The molecule has 1 aromatic carbocycles. The fraction of sp³-hybridized carbons (Fsp3) is 0.500. The predicted molar refractivity (Wildman–Crippen MR) is 63.7 cm³/mol. The first-order valence-electron chi connectivity index (χ1n) is 5.42. The van der Waals surface area contributed by atoms with E-state index in [2.05, 4.69) is 4.72 Å². The number of benzene rings is 1. The van der Waals surface area contributed by atoms with E-state index in [1.165, 1.54) is 12.1 Å². The average Bonchev–Trinajstić information content (AvgIpc) is 2.24. The maximum atomic E-state index is 12.8. The third-order valence-corrected chi connectivity index (χ3v) is 4.77. The summed E-state index contributed by atoms with van der Waals surface area (Å²) < 4.78 is 27.6. The smallest absolute Gasteiger partial charge is 0.123 e. The van der Waals surface area contributed by atoms with Crippen LogP contribution in [0.1, 0.15) is 38.3 Å². The van der Waals surface area contributed by atoms with E-state index < -0.39 is 11.0 Å². The Bertz CT molecular complexity index is 402. The molecular weight excluding hydrogens is 225 g/mol. The second-order valence-corrected chi connectivity index (χ2v) is 6.67. The summed E-state index contributed by atoms with van der Waals surface area (Å²) >= 11 is 0. The number of nitrogens with one attached hydrogen (secondary N) is 1. The zero-order valence-corrected chi connectivity index (χ0v) is 10.3. The summed E-state index contributed by atoms with van der Waals surface area (Å²) in [6.45, 7) is 3.99. The monoisotopic (exact) mass is 241 g/mol. The van der Waals surface area contributed by atoms with Gasteiger partial charge in [0.15, 0.2) is 0 Å². The van der Waals surface area contributed by atoms with E-state index in [1.807, 2.05) is 13.8 Å².